The summed E-state index contributed by atoms with van der Waals surface area (Å²) in [4.78, 5) is 0. The lowest BCUT2D eigenvalue weighted by Crippen LogP contribution is -2.35. The summed E-state index contributed by atoms with van der Waals surface area (Å²) in [6.45, 7) is 1.04. The van der Waals surface area contributed by atoms with Crippen LogP contribution in [0.25, 0.3) is 0 Å². The highest BCUT2D eigenvalue weighted by Gasteiger charge is 2.19. The van der Waals surface area contributed by atoms with Gasteiger partial charge < -0.3 is 10.4 Å². The van der Waals surface area contributed by atoms with Crippen molar-refractivity contribution in [1.29, 1.82) is 0 Å². The van der Waals surface area contributed by atoms with Crippen molar-refractivity contribution < 1.29 is 5.11 Å². The number of aromatic hydroxyl groups is 1. The Bertz CT molecular complexity index is 536. The van der Waals surface area contributed by atoms with Gasteiger partial charge in [-0.25, -0.2) is 0 Å². The molecular weight excluding hydrogens is 254 g/mol. The van der Waals surface area contributed by atoms with Crippen LogP contribution in [0.1, 0.15) is 23.1 Å². The third kappa shape index (κ3) is 2.99. The van der Waals surface area contributed by atoms with Gasteiger partial charge in [0.2, 0.25) is 0 Å². The Kier molecular flexibility index (Phi) is 3.85. The Morgan fingerprint density at radius 3 is 3.11 bits per heavy atom. The average Bonchev–Trinajstić information content (AvgIpc) is 2.92. The average molecular weight is 273 g/mol. The molecule has 1 atom stereocenters. The number of phenolic OH excluding ortho intramolecular Hbond substituents is 1. The molecule has 3 rings (SSSR count). The molecule has 0 radical (unpaired) electrons. The maximum Gasteiger partial charge on any atom is 0.119 e. The summed E-state index contributed by atoms with van der Waals surface area (Å²) in [6, 6.07) is 8.63. The van der Waals surface area contributed by atoms with E-state index in [1.54, 1.807) is 17.4 Å². The highest BCUT2D eigenvalue weighted by Crippen LogP contribution is 2.28. The van der Waals surface area contributed by atoms with E-state index in [2.05, 4.69) is 28.2 Å². The second-order valence-electron chi connectivity index (χ2n) is 5.19. The summed E-state index contributed by atoms with van der Waals surface area (Å²) in [7, 11) is 0. The van der Waals surface area contributed by atoms with Gasteiger partial charge in [-0.05, 0) is 71.8 Å². The van der Waals surface area contributed by atoms with Crippen LogP contribution >= 0.6 is 11.3 Å². The summed E-state index contributed by atoms with van der Waals surface area (Å²) in [5, 5.41) is 17.8. The Hall–Kier alpha value is -1.32. The molecule has 0 saturated carbocycles. The van der Waals surface area contributed by atoms with Crippen molar-refractivity contribution in [3.05, 3.63) is 51.7 Å². The van der Waals surface area contributed by atoms with Crippen LogP contribution in [-0.2, 0) is 19.3 Å². The fourth-order valence-electron chi connectivity index (χ4n) is 2.82. The molecule has 100 valence electrons. The minimum Gasteiger partial charge on any atom is -0.508 e. The van der Waals surface area contributed by atoms with E-state index in [9.17, 15) is 5.11 Å². The zero-order chi connectivity index (χ0) is 13.1. The second-order valence-corrected chi connectivity index (χ2v) is 5.97. The van der Waals surface area contributed by atoms with E-state index in [1.807, 2.05) is 6.07 Å². The van der Waals surface area contributed by atoms with Crippen molar-refractivity contribution in [2.24, 2.45) is 0 Å². The topological polar surface area (TPSA) is 32.3 Å². The largest absolute Gasteiger partial charge is 0.508 e. The fourth-order valence-corrected chi connectivity index (χ4v) is 3.52. The van der Waals surface area contributed by atoms with Gasteiger partial charge >= 0.3 is 0 Å². The van der Waals surface area contributed by atoms with Gasteiger partial charge in [0.05, 0.1) is 0 Å². The highest BCUT2D eigenvalue weighted by atomic mass is 32.1. The fraction of sp³-hybridized carbons (Fsp3) is 0.375. The first-order valence-corrected chi connectivity index (χ1v) is 7.81. The SMILES string of the molecule is Oc1cccc2c1CCC(NCCc1ccsc1)C2. The van der Waals surface area contributed by atoms with Crippen LogP contribution in [0.4, 0.5) is 0 Å². The van der Waals surface area contributed by atoms with E-state index in [0.717, 1.165) is 37.8 Å². The predicted octanol–water partition coefficient (Wildman–Crippen LogP) is 3.14. The zero-order valence-corrected chi connectivity index (χ0v) is 11.7. The summed E-state index contributed by atoms with van der Waals surface area (Å²) < 4.78 is 0. The molecule has 0 amide bonds. The number of nitrogens with one attached hydrogen (secondary N) is 1. The number of phenols is 1. The minimum atomic E-state index is 0.467. The molecule has 0 fully saturated rings. The van der Waals surface area contributed by atoms with Gasteiger partial charge in [-0.2, -0.15) is 11.3 Å². The van der Waals surface area contributed by atoms with Gasteiger partial charge in [0.25, 0.3) is 0 Å². The quantitative estimate of drug-likeness (QED) is 0.897. The number of thiophene rings is 1. The second kappa shape index (κ2) is 5.76. The molecule has 1 aromatic carbocycles. The van der Waals surface area contributed by atoms with Crippen molar-refractivity contribution in [2.45, 2.75) is 31.7 Å². The summed E-state index contributed by atoms with van der Waals surface area (Å²) in [6.07, 6.45) is 4.24. The molecule has 1 unspecified atom stereocenters. The molecule has 0 aliphatic heterocycles. The summed E-state index contributed by atoms with van der Waals surface area (Å²) in [5.74, 6) is 0.467. The first-order chi connectivity index (χ1) is 9.33. The lowest BCUT2D eigenvalue weighted by molar-refractivity contribution is 0.433. The lowest BCUT2D eigenvalue weighted by Gasteiger charge is -2.26. The van der Waals surface area contributed by atoms with Crippen LogP contribution in [-0.4, -0.2) is 17.7 Å². The van der Waals surface area contributed by atoms with Crippen LogP contribution in [0.5, 0.6) is 5.75 Å². The Balaban J connectivity index is 1.54. The molecule has 0 spiro atoms. The van der Waals surface area contributed by atoms with Gasteiger partial charge in [-0.15, -0.1) is 0 Å². The molecule has 1 heterocycles. The van der Waals surface area contributed by atoms with Crippen LogP contribution in [0.2, 0.25) is 0 Å². The Labute approximate surface area is 118 Å². The molecule has 1 aliphatic carbocycles. The normalized spacial score (nSPS) is 18.2. The van der Waals surface area contributed by atoms with Crippen molar-refractivity contribution in [3.8, 4) is 5.75 Å². The molecule has 19 heavy (non-hydrogen) atoms. The van der Waals surface area contributed by atoms with Gasteiger partial charge in [-0.3, -0.25) is 0 Å². The van der Waals surface area contributed by atoms with Crippen molar-refractivity contribution in [2.75, 3.05) is 6.54 Å². The molecule has 1 aromatic heterocycles. The monoisotopic (exact) mass is 273 g/mol. The maximum absolute atomic E-state index is 9.82. The molecular formula is C16H19NOS. The van der Waals surface area contributed by atoms with E-state index in [1.165, 1.54) is 11.1 Å². The third-order valence-corrected chi connectivity index (χ3v) is 4.62. The Morgan fingerprint density at radius 1 is 1.32 bits per heavy atom. The number of hydrogen-bond donors (Lipinski definition) is 2. The van der Waals surface area contributed by atoms with Crippen LogP contribution in [0.3, 0.4) is 0 Å². The molecule has 2 nitrogen and oxygen atoms in total. The number of fused-ring (bicyclic) bond motifs is 1. The molecule has 2 N–H and O–H groups in total. The van der Waals surface area contributed by atoms with Crippen LogP contribution in [0, 0.1) is 0 Å². The molecule has 0 saturated heterocycles. The van der Waals surface area contributed by atoms with E-state index in [0.29, 0.717) is 11.8 Å². The smallest absolute Gasteiger partial charge is 0.119 e. The van der Waals surface area contributed by atoms with E-state index < -0.39 is 0 Å². The highest BCUT2D eigenvalue weighted by molar-refractivity contribution is 7.07. The molecule has 2 aromatic rings. The number of benzene rings is 1. The van der Waals surface area contributed by atoms with Gasteiger partial charge in [0.15, 0.2) is 0 Å². The standard InChI is InChI=1S/C16H19NOS/c18-16-3-1-2-13-10-14(4-5-15(13)16)17-8-6-12-7-9-19-11-12/h1-3,7,9,11,14,17-18H,4-6,8,10H2. The first-order valence-electron chi connectivity index (χ1n) is 6.87. The molecule has 3 heteroatoms. The van der Waals surface area contributed by atoms with E-state index in [-0.39, 0.29) is 0 Å². The predicted molar refractivity (Wildman–Crippen MR) is 79.9 cm³/mol. The van der Waals surface area contributed by atoms with Crippen LogP contribution in [0.15, 0.2) is 35.0 Å². The van der Waals surface area contributed by atoms with Gasteiger partial charge in [-0.1, -0.05) is 12.1 Å². The summed E-state index contributed by atoms with van der Waals surface area (Å²) in [5.41, 5.74) is 3.88. The molecule has 0 bridgehead atoms. The minimum absolute atomic E-state index is 0.467. The first kappa shape index (κ1) is 12.7. The van der Waals surface area contributed by atoms with Gasteiger partial charge in [0.1, 0.15) is 5.75 Å². The molecule has 1 aliphatic rings. The van der Waals surface area contributed by atoms with E-state index >= 15 is 0 Å². The third-order valence-electron chi connectivity index (χ3n) is 3.88. The maximum atomic E-state index is 9.82. The van der Waals surface area contributed by atoms with Crippen LogP contribution < -0.4 is 5.32 Å². The summed E-state index contributed by atoms with van der Waals surface area (Å²) >= 11 is 1.76. The van der Waals surface area contributed by atoms with E-state index in [4.69, 9.17) is 0 Å². The van der Waals surface area contributed by atoms with Crippen molar-refractivity contribution >= 4 is 11.3 Å². The number of hydrogen-bond acceptors (Lipinski definition) is 3. The number of rotatable bonds is 4. The van der Waals surface area contributed by atoms with Crippen molar-refractivity contribution in [1.82, 2.24) is 5.32 Å². The lowest BCUT2D eigenvalue weighted by atomic mass is 9.87. The Morgan fingerprint density at radius 2 is 2.26 bits per heavy atom. The zero-order valence-electron chi connectivity index (χ0n) is 10.9. The van der Waals surface area contributed by atoms with Gasteiger partial charge in [0, 0.05) is 6.04 Å². The van der Waals surface area contributed by atoms with Crippen molar-refractivity contribution in [3.63, 3.8) is 0 Å².